The van der Waals surface area contributed by atoms with Crippen molar-refractivity contribution in [1.82, 2.24) is 0 Å². The Bertz CT molecular complexity index is 445. The minimum Gasteiger partial charge on any atom is -0.493 e. The van der Waals surface area contributed by atoms with Gasteiger partial charge in [-0.1, -0.05) is 25.8 Å². The molecule has 1 aliphatic carbocycles. The third kappa shape index (κ3) is 2.51. The zero-order valence-corrected chi connectivity index (χ0v) is 11.8. The second-order valence-corrected chi connectivity index (χ2v) is 6.18. The van der Waals surface area contributed by atoms with Gasteiger partial charge in [-0.3, -0.25) is 0 Å². The van der Waals surface area contributed by atoms with Gasteiger partial charge in [-0.25, -0.2) is 0 Å². The normalized spacial score (nSPS) is 29.9. The van der Waals surface area contributed by atoms with Crippen LogP contribution in [-0.2, 0) is 12.0 Å². The average molecular weight is 260 g/mol. The van der Waals surface area contributed by atoms with Crippen molar-refractivity contribution in [1.29, 1.82) is 0 Å². The molecule has 2 aliphatic rings. The number of rotatable bonds is 3. The Labute approximate surface area is 115 Å². The van der Waals surface area contributed by atoms with Crippen LogP contribution >= 0.6 is 0 Å². The van der Waals surface area contributed by atoms with Crippen LogP contribution in [0.25, 0.3) is 0 Å². The highest BCUT2D eigenvalue weighted by Gasteiger charge is 2.35. The van der Waals surface area contributed by atoms with Crippen molar-refractivity contribution in [2.75, 3.05) is 6.61 Å². The van der Waals surface area contributed by atoms with E-state index >= 15 is 0 Å². The molecule has 0 aromatic heterocycles. The molecular weight excluding hydrogens is 236 g/mol. The third-order valence-corrected chi connectivity index (χ3v) is 4.86. The maximum atomic E-state index is 10.9. The highest BCUT2D eigenvalue weighted by atomic mass is 16.5. The molecule has 1 aromatic rings. The molecular formula is C17H24O2. The molecule has 19 heavy (non-hydrogen) atoms. The molecule has 0 saturated heterocycles. The fourth-order valence-corrected chi connectivity index (χ4v) is 3.62. The van der Waals surface area contributed by atoms with Crippen LogP contribution in [0.2, 0.25) is 0 Å². The van der Waals surface area contributed by atoms with Gasteiger partial charge in [0.15, 0.2) is 0 Å². The van der Waals surface area contributed by atoms with E-state index in [9.17, 15) is 5.11 Å². The van der Waals surface area contributed by atoms with Crippen LogP contribution in [0, 0.1) is 5.92 Å². The highest BCUT2D eigenvalue weighted by Crippen LogP contribution is 2.42. The van der Waals surface area contributed by atoms with Crippen molar-refractivity contribution in [3.8, 4) is 5.75 Å². The molecule has 0 atom stereocenters. The Balaban J connectivity index is 1.75. The van der Waals surface area contributed by atoms with E-state index in [2.05, 4.69) is 19.1 Å². The average Bonchev–Trinajstić information content (AvgIpc) is 2.89. The number of hydrogen-bond donors (Lipinski definition) is 1. The molecule has 1 aliphatic heterocycles. The number of benzene rings is 1. The summed E-state index contributed by atoms with van der Waals surface area (Å²) in [7, 11) is 0. The summed E-state index contributed by atoms with van der Waals surface area (Å²) in [5.41, 5.74) is 1.77. The summed E-state index contributed by atoms with van der Waals surface area (Å²) in [4.78, 5) is 0. The van der Waals surface area contributed by atoms with Gasteiger partial charge in [0.05, 0.1) is 12.2 Å². The monoisotopic (exact) mass is 260 g/mol. The van der Waals surface area contributed by atoms with Gasteiger partial charge in [0.25, 0.3) is 0 Å². The Kier molecular flexibility index (Phi) is 3.53. The van der Waals surface area contributed by atoms with Crippen LogP contribution < -0.4 is 4.74 Å². The summed E-state index contributed by atoms with van der Waals surface area (Å²) >= 11 is 0. The number of fused-ring (bicyclic) bond motifs is 1. The first-order valence-corrected chi connectivity index (χ1v) is 7.70. The van der Waals surface area contributed by atoms with E-state index in [0.29, 0.717) is 0 Å². The van der Waals surface area contributed by atoms with Crippen molar-refractivity contribution in [3.05, 3.63) is 29.3 Å². The fourth-order valence-electron chi connectivity index (χ4n) is 3.62. The Morgan fingerprint density at radius 1 is 1.32 bits per heavy atom. The van der Waals surface area contributed by atoms with Crippen LogP contribution in [0.15, 0.2) is 18.2 Å². The fraction of sp³-hybridized carbons (Fsp3) is 0.647. The Hall–Kier alpha value is -1.02. The van der Waals surface area contributed by atoms with E-state index in [1.807, 2.05) is 6.07 Å². The molecule has 104 valence electrons. The standard InChI is InChI=1S/C17H24O2/c1-2-3-13-6-9-17(18,10-7-13)15-4-5-16-14(12-15)8-11-19-16/h4-5,12-13,18H,2-3,6-11H2,1H3. The highest BCUT2D eigenvalue weighted by molar-refractivity contribution is 5.41. The molecule has 1 aromatic carbocycles. The second kappa shape index (κ2) is 5.16. The number of hydrogen-bond acceptors (Lipinski definition) is 2. The molecule has 0 spiro atoms. The van der Waals surface area contributed by atoms with Crippen molar-refractivity contribution in [2.24, 2.45) is 5.92 Å². The van der Waals surface area contributed by atoms with Crippen molar-refractivity contribution in [3.63, 3.8) is 0 Å². The van der Waals surface area contributed by atoms with E-state index in [1.165, 1.54) is 18.4 Å². The van der Waals surface area contributed by atoms with Gasteiger partial charge in [-0.2, -0.15) is 0 Å². The van der Waals surface area contributed by atoms with Gasteiger partial charge in [-0.05, 0) is 54.9 Å². The molecule has 2 nitrogen and oxygen atoms in total. The SMILES string of the molecule is CCCC1CCC(O)(c2ccc3c(c2)CCO3)CC1. The first-order chi connectivity index (χ1) is 9.21. The molecule has 0 unspecified atom stereocenters. The molecule has 3 rings (SSSR count). The Morgan fingerprint density at radius 3 is 2.84 bits per heavy atom. The van der Waals surface area contributed by atoms with Gasteiger partial charge >= 0.3 is 0 Å². The maximum Gasteiger partial charge on any atom is 0.122 e. The van der Waals surface area contributed by atoms with Gasteiger partial charge in [-0.15, -0.1) is 0 Å². The van der Waals surface area contributed by atoms with E-state index in [-0.39, 0.29) is 0 Å². The van der Waals surface area contributed by atoms with Crippen LogP contribution in [0.3, 0.4) is 0 Å². The lowest BCUT2D eigenvalue weighted by Crippen LogP contribution is -2.31. The Morgan fingerprint density at radius 2 is 2.11 bits per heavy atom. The van der Waals surface area contributed by atoms with Crippen LogP contribution in [0.5, 0.6) is 5.75 Å². The van der Waals surface area contributed by atoms with Crippen molar-refractivity contribution >= 4 is 0 Å². The van der Waals surface area contributed by atoms with Gasteiger partial charge < -0.3 is 9.84 Å². The summed E-state index contributed by atoms with van der Waals surface area (Å²) in [6.07, 6.45) is 7.72. The summed E-state index contributed by atoms with van der Waals surface area (Å²) in [6, 6.07) is 6.26. The first kappa shape index (κ1) is 13.0. The summed E-state index contributed by atoms with van der Waals surface area (Å²) < 4.78 is 5.54. The predicted molar refractivity (Wildman–Crippen MR) is 76.4 cm³/mol. The predicted octanol–water partition coefficient (Wildman–Crippen LogP) is 3.80. The van der Waals surface area contributed by atoms with Gasteiger partial charge in [0.2, 0.25) is 0 Å². The van der Waals surface area contributed by atoms with E-state index in [1.54, 1.807) is 0 Å². The number of ether oxygens (including phenoxy) is 1. The largest absolute Gasteiger partial charge is 0.493 e. The molecule has 1 saturated carbocycles. The smallest absolute Gasteiger partial charge is 0.122 e. The quantitative estimate of drug-likeness (QED) is 0.895. The van der Waals surface area contributed by atoms with Crippen LogP contribution in [0.1, 0.15) is 56.6 Å². The maximum absolute atomic E-state index is 10.9. The lowest BCUT2D eigenvalue weighted by molar-refractivity contribution is -0.0152. The molecule has 0 amide bonds. The zero-order chi connectivity index (χ0) is 13.3. The third-order valence-electron chi connectivity index (χ3n) is 4.86. The molecule has 1 heterocycles. The molecule has 0 radical (unpaired) electrons. The summed E-state index contributed by atoms with van der Waals surface area (Å²) in [5, 5.41) is 10.9. The molecule has 1 N–H and O–H groups in total. The van der Waals surface area contributed by atoms with Gasteiger partial charge in [0, 0.05) is 6.42 Å². The van der Waals surface area contributed by atoms with Crippen LogP contribution in [-0.4, -0.2) is 11.7 Å². The second-order valence-electron chi connectivity index (χ2n) is 6.18. The van der Waals surface area contributed by atoms with E-state index < -0.39 is 5.60 Å². The molecule has 1 fully saturated rings. The topological polar surface area (TPSA) is 29.5 Å². The lowest BCUT2D eigenvalue weighted by Gasteiger charge is -2.36. The number of aliphatic hydroxyl groups is 1. The summed E-state index contributed by atoms with van der Waals surface area (Å²) in [5.74, 6) is 1.83. The van der Waals surface area contributed by atoms with Crippen molar-refractivity contribution < 1.29 is 9.84 Å². The summed E-state index contributed by atoms with van der Waals surface area (Å²) in [6.45, 7) is 3.04. The molecule has 2 heteroatoms. The van der Waals surface area contributed by atoms with E-state index in [4.69, 9.17) is 4.74 Å². The minimum atomic E-state index is -0.595. The van der Waals surface area contributed by atoms with E-state index in [0.717, 1.165) is 55.9 Å². The van der Waals surface area contributed by atoms with Crippen LogP contribution in [0.4, 0.5) is 0 Å². The van der Waals surface area contributed by atoms with Crippen molar-refractivity contribution in [2.45, 2.75) is 57.5 Å². The lowest BCUT2D eigenvalue weighted by atomic mass is 9.74. The molecule has 0 bridgehead atoms. The first-order valence-electron chi connectivity index (χ1n) is 7.70. The van der Waals surface area contributed by atoms with Gasteiger partial charge in [0.1, 0.15) is 5.75 Å². The minimum absolute atomic E-state index is 0.595. The zero-order valence-electron chi connectivity index (χ0n) is 11.8.